The SMILES string of the molecule is CC(N)CC(=O)NCC(c1cccs1)N1CCOCC1.Cl.Cl. The summed E-state index contributed by atoms with van der Waals surface area (Å²) in [5.41, 5.74) is 5.65. The zero-order chi connectivity index (χ0) is 14.4. The summed E-state index contributed by atoms with van der Waals surface area (Å²) in [7, 11) is 0. The normalized spacial score (nSPS) is 17.7. The Morgan fingerprint density at radius 2 is 2.14 bits per heavy atom. The fraction of sp³-hybridized carbons (Fsp3) is 0.643. The molecule has 128 valence electrons. The summed E-state index contributed by atoms with van der Waals surface area (Å²) in [6.07, 6.45) is 0.375. The number of nitrogens with zero attached hydrogens (tertiary/aromatic N) is 1. The summed E-state index contributed by atoms with van der Waals surface area (Å²) >= 11 is 1.73. The lowest BCUT2D eigenvalue weighted by molar-refractivity contribution is -0.121. The number of thiophene rings is 1. The Bertz CT molecular complexity index is 412. The van der Waals surface area contributed by atoms with Crippen molar-refractivity contribution in [1.82, 2.24) is 10.2 Å². The first-order valence-corrected chi connectivity index (χ1v) is 7.92. The number of carbonyl (C=O) groups is 1. The van der Waals surface area contributed by atoms with Crippen molar-refractivity contribution in [3.8, 4) is 0 Å². The monoisotopic (exact) mass is 369 g/mol. The average Bonchev–Trinajstić information content (AvgIpc) is 2.93. The van der Waals surface area contributed by atoms with Gasteiger partial charge in [0.05, 0.1) is 19.3 Å². The molecular formula is C14H25Cl2N3O2S. The molecule has 1 amide bonds. The molecule has 22 heavy (non-hydrogen) atoms. The first kappa shape index (κ1) is 21.6. The average molecular weight is 370 g/mol. The number of hydrogen-bond acceptors (Lipinski definition) is 5. The number of rotatable bonds is 6. The van der Waals surface area contributed by atoms with Crippen molar-refractivity contribution in [2.75, 3.05) is 32.8 Å². The van der Waals surface area contributed by atoms with Gasteiger partial charge >= 0.3 is 0 Å². The molecule has 0 spiro atoms. The van der Waals surface area contributed by atoms with Gasteiger partial charge < -0.3 is 15.8 Å². The van der Waals surface area contributed by atoms with Gasteiger partial charge in [0.25, 0.3) is 0 Å². The van der Waals surface area contributed by atoms with E-state index in [1.165, 1.54) is 4.88 Å². The summed E-state index contributed by atoms with van der Waals surface area (Å²) in [6, 6.07) is 4.31. The second kappa shape index (κ2) is 11.2. The minimum Gasteiger partial charge on any atom is -0.379 e. The zero-order valence-corrected chi connectivity index (χ0v) is 15.1. The third-order valence-electron chi connectivity index (χ3n) is 3.36. The molecule has 1 aliphatic heterocycles. The van der Waals surface area contributed by atoms with Crippen molar-refractivity contribution >= 4 is 42.1 Å². The standard InChI is InChI=1S/C14H23N3O2S.2ClH/c1-11(15)9-14(18)16-10-12(13-3-2-8-20-13)17-4-6-19-7-5-17;;/h2-3,8,11-12H,4-7,9-10,15H2,1H3,(H,16,18);2*1H. The molecule has 0 bridgehead atoms. The minimum atomic E-state index is -0.0985. The summed E-state index contributed by atoms with van der Waals surface area (Å²) in [4.78, 5) is 15.4. The van der Waals surface area contributed by atoms with E-state index in [4.69, 9.17) is 10.5 Å². The second-order valence-electron chi connectivity index (χ2n) is 5.17. The van der Waals surface area contributed by atoms with E-state index in [9.17, 15) is 4.79 Å². The lowest BCUT2D eigenvalue weighted by Gasteiger charge is -2.34. The van der Waals surface area contributed by atoms with Crippen molar-refractivity contribution in [2.45, 2.75) is 25.4 Å². The topological polar surface area (TPSA) is 67.6 Å². The molecule has 0 radical (unpaired) electrons. The van der Waals surface area contributed by atoms with Crippen LogP contribution in [-0.2, 0) is 9.53 Å². The fourth-order valence-electron chi connectivity index (χ4n) is 2.35. The predicted octanol–water partition coefficient (Wildman–Crippen LogP) is 1.82. The highest BCUT2D eigenvalue weighted by Gasteiger charge is 2.23. The maximum absolute atomic E-state index is 11.8. The Balaban J connectivity index is 0.00000220. The van der Waals surface area contributed by atoms with Crippen LogP contribution in [-0.4, -0.2) is 49.7 Å². The number of nitrogens with one attached hydrogen (secondary N) is 1. The van der Waals surface area contributed by atoms with Crippen LogP contribution in [0.1, 0.15) is 24.3 Å². The van der Waals surface area contributed by atoms with E-state index in [-0.39, 0.29) is 42.8 Å². The smallest absolute Gasteiger partial charge is 0.221 e. The summed E-state index contributed by atoms with van der Waals surface area (Å²) in [5, 5.41) is 5.08. The molecule has 0 aliphatic carbocycles. The molecule has 1 aliphatic rings. The Hall–Kier alpha value is -0.370. The third kappa shape index (κ3) is 6.81. The van der Waals surface area contributed by atoms with Crippen LogP contribution in [0.15, 0.2) is 17.5 Å². The van der Waals surface area contributed by atoms with Gasteiger partial charge in [-0.15, -0.1) is 36.2 Å². The van der Waals surface area contributed by atoms with Crippen molar-refractivity contribution in [3.05, 3.63) is 22.4 Å². The van der Waals surface area contributed by atoms with Crippen LogP contribution in [0.25, 0.3) is 0 Å². The van der Waals surface area contributed by atoms with Gasteiger partial charge in [0.15, 0.2) is 0 Å². The van der Waals surface area contributed by atoms with Gasteiger partial charge in [-0.1, -0.05) is 6.07 Å². The Kier molecular flexibility index (Phi) is 11.0. The molecule has 1 saturated heterocycles. The van der Waals surface area contributed by atoms with Crippen LogP contribution in [0, 0.1) is 0 Å². The molecule has 1 fully saturated rings. The lowest BCUT2D eigenvalue weighted by Crippen LogP contribution is -2.44. The highest BCUT2D eigenvalue weighted by Crippen LogP contribution is 2.25. The van der Waals surface area contributed by atoms with Crippen LogP contribution in [0.4, 0.5) is 0 Å². The summed E-state index contributed by atoms with van der Waals surface area (Å²) in [6.45, 7) is 5.81. The second-order valence-corrected chi connectivity index (χ2v) is 6.14. The summed E-state index contributed by atoms with van der Waals surface area (Å²) < 4.78 is 5.40. The maximum Gasteiger partial charge on any atom is 0.221 e. The van der Waals surface area contributed by atoms with Crippen LogP contribution >= 0.6 is 36.2 Å². The van der Waals surface area contributed by atoms with E-state index < -0.39 is 0 Å². The van der Waals surface area contributed by atoms with Crippen molar-refractivity contribution in [1.29, 1.82) is 0 Å². The first-order chi connectivity index (χ1) is 9.66. The third-order valence-corrected chi connectivity index (χ3v) is 4.33. The van der Waals surface area contributed by atoms with Crippen molar-refractivity contribution in [2.24, 2.45) is 5.73 Å². The molecule has 3 N–H and O–H groups in total. The molecule has 0 saturated carbocycles. The number of morpholine rings is 1. The van der Waals surface area contributed by atoms with Crippen LogP contribution in [0.2, 0.25) is 0 Å². The molecule has 8 heteroatoms. The highest BCUT2D eigenvalue weighted by atomic mass is 35.5. The van der Waals surface area contributed by atoms with E-state index in [0.29, 0.717) is 13.0 Å². The number of carbonyl (C=O) groups excluding carboxylic acids is 1. The molecule has 2 atom stereocenters. The van der Waals surface area contributed by atoms with Gasteiger partial charge in [-0.2, -0.15) is 0 Å². The van der Waals surface area contributed by atoms with Crippen molar-refractivity contribution < 1.29 is 9.53 Å². The Morgan fingerprint density at radius 3 is 2.68 bits per heavy atom. The van der Waals surface area contributed by atoms with Gasteiger partial charge in [0, 0.05) is 37.0 Å². The largest absolute Gasteiger partial charge is 0.379 e. The first-order valence-electron chi connectivity index (χ1n) is 7.04. The summed E-state index contributed by atoms with van der Waals surface area (Å²) in [5.74, 6) is 0.0230. The maximum atomic E-state index is 11.8. The van der Waals surface area contributed by atoms with E-state index >= 15 is 0 Å². The number of nitrogens with two attached hydrogens (primary N) is 1. The molecule has 2 rings (SSSR count). The van der Waals surface area contributed by atoms with E-state index in [0.717, 1.165) is 26.3 Å². The number of hydrogen-bond donors (Lipinski definition) is 2. The number of ether oxygens (including phenoxy) is 1. The lowest BCUT2D eigenvalue weighted by atomic mass is 10.1. The number of amides is 1. The Labute approximate surface area is 148 Å². The molecule has 0 aromatic carbocycles. The molecular weight excluding hydrogens is 345 g/mol. The van der Waals surface area contributed by atoms with Gasteiger partial charge in [-0.3, -0.25) is 9.69 Å². The van der Waals surface area contributed by atoms with Crippen LogP contribution in [0.5, 0.6) is 0 Å². The quantitative estimate of drug-likeness (QED) is 0.802. The molecule has 2 unspecified atom stereocenters. The Morgan fingerprint density at radius 1 is 1.45 bits per heavy atom. The van der Waals surface area contributed by atoms with E-state index in [1.54, 1.807) is 11.3 Å². The van der Waals surface area contributed by atoms with Gasteiger partial charge in [-0.25, -0.2) is 0 Å². The predicted molar refractivity (Wildman–Crippen MR) is 95.2 cm³/mol. The van der Waals surface area contributed by atoms with Gasteiger partial charge in [0.1, 0.15) is 0 Å². The number of halogens is 2. The van der Waals surface area contributed by atoms with Gasteiger partial charge in [0.2, 0.25) is 5.91 Å². The zero-order valence-electron chi connectivity index (χ0n) is 12.7. The van der Waals surface area contributed by atoms with Crippen LogP contribution < -0.4 is 11.1 Å². The van der Waals surface area contributed by atoms with Gasteiger partial charge in [-0.05, 0) is 18.4 Å². The molecule has 1 aromatic rings. The molecule has 5 nitrogen and oxygen atoms in total. The minimum absolute atomic E-state index is 0. The van der Waals surface area contributed by atoms with E-state index in [2.05, 4.69) is 27.7 Å². The van der Waals surface area contributed by atoms with Crippen LogP contribution in [0.3, 0.4) is 0 Å². The van der Waals surface area contributed by atoms with Crippen molar-refractivity contribution in [3.63, 3.8) is 0 Å². The fourth-order valence-corrected chi connectivity index (χ4v) is 3.22. The highest BCUT2D eigenvalue weighted by molar-refractivity contribution is 7.10. The molecule has 1 aromatic heterocycles. The van der Waals surface area contributed by atoms with E-state index in [1.807, 2.05) is 6.92 Å². The molecule has 2 heterocycles.